The van der Waals surface area contributed by atoms with Crippen LogP contribution in [0.2, 0.25) is 5.02 Å². The average molecular weight is 255 g/mol. The zero-order valence-electron chi connectivity index (χ0n) is 8.70. The molecule has 1 aromatic heterocycles. The highest BCUT2D eigenvalue weighted by atomic mass is 35.5. The Morgan fingerprint density at radius 2 is 1.88 bits per heavy atom. The second kappa shape index (κ2) is 5.42. The normalized spacial score (nSPS) is 12.6. The first-order chi connectivity index (χ1) is 7.79. The molecule has 0 saturated carbocycles. The van der Waals surface area contributed by atoms with Crippen LogP contribution in [0.25, 0.3) is 0 Å². The molecule has 0 N–H and O–H groups in total. The van der Waals surface area contributed by atoms with Crippen LogP contribution < -0.4 is 0 Å². The van der Waals surface area contributed by atoms with E-state index < -0.39 is 0 Å². The van der Waals surface area contributed by atoms with E-state index in [2.05, 4.69) is 0 Å². The van der Waals surface area contributed by atoms with Crippen LogP contribution in [0, 0.1) is 0 Å². The quantitative estimate of drug-likeness (QED) is 0.733. The first-order valence-corrected chi connectivity index (χ1v) is 6.04. The number of hydrogen-bond acceptors (Lipinski definition) is 1. The fraction of sp³-hybridized carbons (Fsp3) is 0.231. The highest BCUT2D eigenvalue weighted by Gasteiger charge is 2.12. The third-order valence-electron chi connectivity index (χ3n) is 2.56. The standard InChI is InChI=1S/C13H12Cl2O/c14-9-11(8-13-2-1-7-16-13)10-3-5-12(15)6-4-10/h1-7,11H,8-9H2. The summed E-state index contributed by atoms with van der Waals surface area (Å²) in [6.45, 7) is 0. The molecule has 0 spiro atoms. The predicted octanol–water partition coefficient (Wildman–Crippen LogP) is 4.50. The van der Waals surface area contributed by atoms with Crippen molar-refractivity contribution in [3.63, 3.8) is 0 Å². The van der Waals surface area contributed by atoms with Gasteiger partial charge in [0.25, 0.3) is 0 Å². The first kappa shape index (κ1) is 11.6. The van der Waals surface area contributed by atoms with E-state index >= 15 is 0 Å². The molecule has 1 unspecified atom stereocenters. The maximum absolute atomic E-state index is 5.98. The summed E-state index contributed by atoms with van der Waals surface area (Å²) in [6, 6.07) is 11.7. The molecule has 1 atom stereocenters. The summed E-state index contributed by atoms with van der Waals surface area (Å²) >= 11 is 11.8. The van der Waals surface area contributed by atoms with Gasteiger partial charge in [-0.15, -0.1) is 11.6 Å². The van der Waals surface area contributed by atoms with Crippen molar-refractivity contribution in [1.82, 2.24) is 0 Å². The number of alkyl halides is 1. The minimum absolute atomic E-state index is 0.269. The number of hydrogen-bond donors (Lipinski definition) is 0. The molecular formula is C13H12Cl2O. The molecule has 0 aliphatic carbocycles. The van der Waals surface area contributed by atoms with Crippen LogP contribution in [0.3, 0.4) is 0 Å². The molecular weight excluding hydrogens is 243 g/mol. The Hall–Kier alpha value is -0.920. The molecule has 84 valence electrons. The van der Waals surface area contributed by atoms with Crippen LogP contribution in [0.4, 0.5) is 0 Å². The van der Waals surface area contributed by atoms with Crippen molar-refractivity contribution in [1.29, 1.82) is 0 Å². The Bertz CT molecular complexity index is 420. The molecule has 0 amide bonds. The van der Waals surface area contributed by atoms with E-state index in [1.807, 2.05) is 36.4 Å². The zero-order valence-corrected chi connectivity index (χ0v) is 10.2. The topological polar surface area (TPSA) is 13.1 Å². The summed E-state index contributed by atoms with van der Waals surface area (Å²) in [5, 5.41) is 0.745. The molecule has 0 radical (unpaired) electrons. The van der Waals surface area contributed by atoms with Crippen molar-refractivity contribution in [2.75, 3.05) is 5.88 Å². The van der Waals surface area contributed by atoms with Gasteiger partial charge in [0.2, 0.25) is 0 Å². The molecule has 0 bridgehead atoms. The highest BCUT2D eigenvalue weighted by Crippen LogP contribution is 2.24. The Balaban J connectivity index is 2.13. The Morgan fingerprint density at radius 3 is 2.44 bits per heavy atom. The van der Waals surface area contributed by atoms with E-state index in [0.717, 1.165) is 17.2 Å². The van der Waals surface area contributed by atoms with Crippen LogP contribution >= 0.6 is 23.2 Å². The number of benzene rings is 1. The van der Waals surface area contributed by atoms with Crippen molar-refractivity contribution in [2.24, 2.45) is 0 Å². The molecule has 2 rings (SSSR count). The van der Waals surface area contributed by atoms with Gasteiger partial charge >= 0.3 is 0 Å². The minimum Gasteiger partial charge on any atom is -0.469 e. The van der Waals surface area contributed by atoms with E-state index in [1.165, 1.54) is 5.56 Å². The zero-order chi connectivity index (χ0) is 11.4. The van der Waals surface area contributed by atoms with Crippen molar-refractivity contribution in [3.05, 3.63) is 59.0 Å². The highest BCUT2D eigenvalue weighted by molar-refractivity contribution is 6.30. The molecule has 1 nitrogen and oxygen atoms in total. The second-order valence-electron chi connectivity index (χ2n) is 3.69. The number of rotatable bonds is 4. The lowest BCUT2D eigenvalue weighted by molar-refractivity contribution is 0.494. The molecule has 2 aromatic rings. The Morgan fingerprint density at radius 1 is 1.12 bits per heavy atom. The minimum atomic E-state index is 0.269. The molecule has 0 aliphatic heterocycles. The predicted molar refractivity (Wildman–Crippen MR) is 67.3 cm³/mol. The van der Waals surface area contributed by atoms with Gasteiger partial charge in [0.15, 0.2) is 0 Å². The van der Waals surface area contributed by atoms with Gasteiger partial charge in [0.05, 0.1) is 6.26 Å². The largest absolute Gasteiger partial charge is 0.469 e. The van der Waals surface area contributed by atoms with Gasteiger partial charge in [0, 0.05) is 23.2 Å². The lowest BCUT2D eigenvalue weighted by Gasteiger charge is -2.12. The summed E-state index contributed by atoms with van der Waals surface area (Å²) in [4.78, 5) is 0. The summed E-state index contributed by atoms with van der Waals surface area (Å²) in [7, 11) is 0. The fourth-order valence-electron chi connectivity index (χ4n) is 1.67. The number of halogens is 2. The van der Waals surface area contributed by atoms with Crippen LogP contribution in [0.15, 0.2) is 47.1 Å². The van der Waals surface area contributed by atoms with Crippen molar-refractivity contribution in [2.45, 2.75) is 12.3 Å². The van der Waals surface area contributed by atoms with Gasteiger partial charge in [-0.25, -0.2) is 0 Å². The van der Waals surface area contributed by atoms with Crippen LogP contribution in [-0.2, 0) is 6.42 Å². The average Bonchev–Trinajstić information content (AvgIpc) is 2.80. The summed E-state index contributed by atoms with van der Waals surface area (Å²) in [6.07, 6.45) is 2.50. The summed E-state index contributed by atoms with van der Waals surface area (Å²) < 4.78 is 5.33. The lowest BCUT2D eigenvalue weighted by Crippen LogP contribution is -2.03. The lowest BCUT2D eigenvalue weighted by atomic mass is 9.96. The van der Waals surface area contributed by atoms with Crippen molar-refractivity contribution in [3.8, 4) is 0 Å². The van der Waals surface area contributed by atoms with E-state index in [0.29, 0.717) is 5.88 Å². The van der Waals surface area contributed by atoms with Gasteiger partial charge in [-0.3, -0.25) is 0 Å². The van der Waals surface area contributed by atoms with Crippen LogP contribution in [0.5, 0.6) is 0 Å². The van der Waals surface area contributed by atoms with Crippen LogP contribution in [-0.4, -0.2) is 5.88 Å². The van der Waals surface area contributed by atoms with Gasteiger partial charge in [-0.1, -0.05) is 23.7 Å². The fourth-order valence-corrected chi connectivity index (χ4v) is 2.08. The van der Waals surface area contributed by atoms with E-state index in [9.17, 15) is 0 Å². The summed E-state index contributed by atoms with van der Waals surface area (Å²) in [5.74, 6) is 1.80. The maximum atomic E-state index is 5.98. The second-order valence-corrected chi connectivity index (χ2v) is 4.43. The molecule has 16 heavy (non-hydrogen) atoms. The molecule has 1 heterocycles. The van der Waals surface area contributed by atoms with Crippen molar-refractivity contribution >= 4 is 23.2 Å². The van der Waals surface area contributed by atoms with E-state index in [-0.39, 0.29) is 5.92 Å². The molecule has 0 fully saturated rings. The Labute approximate surface area is 105 Å². The molecule has 1 aromatic carbocycles. The monoisotopic (exact) mass is 254 g/mol. The smallest absolute Gasteiger partial charge is 0.104 e. The third-order valence-corrected chi connectivity index (χ3v) is 3.18. The van der Waals surface area contributed by atoms with Gasteiger partial charge in [0.1, 0.15) is 5.76 Å². The van der Waals surface area contributed by atoms with Gasteiger partial charge in [-0.05, 0) is 29.8 Å². The molecule has 0 saturated heterocycles. The van der Waals surface area contributed by atoms with E-state index in [1.54, 1.807) is 6.26 Å². The maximum Gasteiger partial charge on any atom is 0.104 e. The molecule has 0 aliphatic rings. The third kappa shape index (κ3) is 2.81. The Kier molecular flexibility index (Phi) is 3.92. The summed E-state index contributed by atoms with van der Waals surface area (Å²) in [5.41, 5.74) is 1.19. The van der Waals surface area contributed by atoms with Crippen LogP contribution in [0.1, 0.15) is 17.2 Å². The van der Waals surface area contributed by atoms with E-state index in [4.69, 9.17) is 27.6 Å². The number of furan rings is 1. The molecule has 3 heteroatoms. The van der Waals surface area contributed by atoms with Gasteiger partial charge < -0.3 is 4.42 Å². The van der Waals surface area contributed by atoms with Crippen molar-refractivity contribution < 1.29 is 4.42 Å². The first-order valence-electron chi connectivity index (χ1n) is 5.13. The van der Waals surface area contributed by atoms with Gasteiger partial charge in [-0.2, -0.15) is 0 Å². The SMILES string of the molecule is ClCC(Cc1ccco1)c1ccc(Cl)cc1.